The van der Waals surface area contributed by atoms with Gasteiger partial charge in [0, 0.05) is 69.8 Å². The fourth-order valence-corrected chi connectivity index (χ4v) is 5.46. The molecule has 0 atom stereocenters. The molecular formula is C29H37Cl4N3O4. The number of rotatable bonds is 8. The number of halogens is 4. The van der Waals surface area contributed by atoms with Gasteiger partial charge in [0.15, 0.2) is 0 Å². The number of hydroxylamine groups is 2. The highest BCUT2D eigenvalue weighted by atomic mass is 35.5. The molecule has 2 aliphatic rings. The minimum absolute atomic E-state index is 0.0227. The molecule has 4 rings (SSSR count). The predicted octanol–water partition coefficient (Wildman–Crippen LogP) is 7.84. The second-order valence-corrected chi connectivity index (χ2v) is 12.9. The summed E-state index contributed by atoms with van der Waals surface area (Å²) in [5.41, 5.74) is -0.373. The number of likely N-dealkylation sites (tertiary alicyclic amines) is 1. The number of carbonyl (C=O) groups excluding carboxylic acids is 1. The maximum absolute atomic E-state index is 13.2. The van der Waals surface area contributed by atoms with Gasteiger partial charge in [0.1, 0.15) is 23.7 Å². The summed E-state index contributed by atoms with van der Waals surface area (Å²) in [4.78, 5) is 23.2. The first-order valence-corrected chi connectivity index (χ1v) is 15.2. The molecule has 0 bridgehead atoms. The van der Waals surface area contributed by atoms with Gasteiger partial charge in [-0.3, -0.25) is 0 Å². The number of hydrogen-bond acceptors (Lipinski definition) is 6. The molecule has 0 aromatic heterocycles. The van der Waals surface area contributed by atoms with Gasteiger partial charge in [-0.15, -0.1) is 5.06 Å². The van der Waals surface area contributed by atoms with E-state index in [0.29, 0.717) is 45.5 Å². The Bertz CT molecular complexity index is 1150. The van der Waals surface area contributed by atoms with Crippen molar-refractivity contribution in [1.29, 1.82) is 0 Å². The zero-order chi connectivity index (χ0) is 28.9. The van der Waals surface area contributed by atoms with Crippen molar-refractivity contribution >= 4 is 52.5 Å². The summed E-state index contributed by atoms with van der Waals surface area (Å²) in [5, 5.41) is 3.71. The summed E-state index contributed by atoms with van der Waals surface area (Å²) in [6.45, 7) is 10.4. The summed E-state index contributed by atoms with van der Waals surface area (Å²) >= 11 is 24.2. The first-order chi connectivity index (χ1) is 19.0. The highest BCUT2D eigenvalue weighted by Gasteiger charge is 2.32. The molecule has 0 saturated carbocycles. The van der Waals surface area contributed by atoms with E-state index in [-0.39, 0.29) is 23.8 Å². The first-order valence-electron chi connectivity index (χ1n) is 13.7. The van der Waals surface area contributed by atoms with E-state index in [1.54, 1.807) is 29.3 Å². The molecule has 220 valence electrons. The van der Waals surface area contributed by atoms with Crippen LogP contribution >= 0.6 is 46.4 Å². The molecule has 2 heterocycles. The van der Waals surface area contributed by atoms with Gasteiger partial charge < -0.3 is 24.1 Å². The summed E-state index contributed by atoms with van der Waals surface area (Å²) in [6.07, 6.45) is 3.10. The van der Waals surface area contributed by atoms with Crippen LogP contribution in [-0.2, 0) is 4.84 Å². The minimum Gasteiger partial charge on any atom is -0.490 e. The van der Waals surface area contributed by atoms with Crippen molar-refractivity contribution in [1.82, 2.24) is 14.9 Å². The SMILES string of the molecule is CC(C)(C)N(CCN1CCC(Oc2ccc(Cl)c(Cl)c2)CC1)C(=O)ON1CCC(Oc2ccc(Cl)c(Cl)c2)CC1. The molecule has 0 unspecified atom stereocenters. The van der Waals surface area contributed by atoms with Gasteiger partial charge in [0.25, 0.3) is 0 Å². The smallest absolute Gasteiger partial charge is 0.429 e. The second kappa shape index (κ2) is 14.0. The number of hydrogen-bond donors (Lipinski definition) is 0. The van der Waals surface area contributed by atoms with Crippen molar-refractivity contribution in [3.63, 3.8) is 0 Å². The number of amides is 1. The van der Waals surface area contributed by atoms with Crippen LogP contribution in [0.1, 0.15) is 46.5 Å². The number of ether oxygens (including phenoxy) is 2. The van der Waals surface area contributed by atoms with Crippen LogP contribution in [0.5, 0.6) is 11.5 Å². The van der Waals surface area contributed by atoms with E-state index in [9.17, 15) is 4.79 Å². The molecule has 2 aromatic carbocycles. The Morgan fingerprint density at radius 2 is 1.27 bits per heavy atom. The molecule has 2 saturated heterocycles. The van der Waals surface area contributed by atoms with Gasteiger partial charge in [-0.05, 0) is 57.9 Å². The summed E-state index contributed by atoms with van der Waals surface area (Å²) < 4.78 is 12.2. The highest BCUT2D eigenvalue weighted by molar-refractivity contribution is 6.42. The van der Waals surface area contributed by atoms with Gasteiger partial charge in [0.05, 0.1) is 20.1 Å². The lowest BCUT2D eigenvalue weighted by atomic mass is 10.1. The van der Waals surface area contributed by atoms with Crippen LogP contribution in [0.2, 0.25) is 20.1 Å². The van der Waals surface area contributed by atoms with Crippen LogP contribution in [0, 0.1) is 0 Å². The average molecular weight is 633 g/mol. The van der Waals surface area contributed by atoms with Gasteiger partial charge in [-0.2, -0.15) is 0 Å². The molecule has 2 fully saturated rings. The van der Waals surface area contributed by atoms with Crippen molar-refractivity contribution in [2.75, 3.05) is 39.3 Å². The van der Waals surface area contributed by atoms with Crippen LogP contribution in [0.25, 0.3) is 0 Å². The van der Waals surface area contributed by atoms with E-state index in [1.165, 1.54) is 0 Å². The molecule has 7 nitrogen and oxygen atoms in total. The Labute approximate surface area is 257 Å². The molecular weight excluding hydrogens is 596 g/mol. The third kappa shape index (κ3) is 8.94. The fourth-order valence-electron chi connectivity index (χ4n) is 4.88. The summed E-state index contributed by atoms with van der Waals surface area (Å²) in [5.74, 6) is 1.42. The standard InChI is InChI=1S/C29H37Cl4N3O4/c1-29(2,3)36(17-16-34-12-8-20(9-13-34)38-22-4-6-24(30)26(32)18-22)28(37)40-35-14-10-21(11-15-35)39-23-5-7-25(31)27(33)19-23/h4-7,18-21H,8-17H2,1-3H3. The minimum atomic E-state index is -0.373. The molecule has 40 heavy (non-hydrogen) atoms. The van der Waals surface area contributed by atoms with Crippen molar-refractivity contribution in [2.24, 2.45) is 0 Å². The number of benzene rings is 2. The van der Waals surface area contributed by atoms with E-state index in [4.69, 9.17) is 60.7 Å². The Morgan fingerprint density at radius 3 is 1.73 bits per heavy atom. The molecule has 0 spiro atoms. The van der Waals surface area contributed by atoms with Gasteiger partial charge >= 0.3 is 6.09 Å². The third-order valence-electron chi connectivity index (χ3n) is 7.20. The molecule has 11 heteroatoms. The van der Waals surface area contributed by atoms with Crippen molar-refractivity contribution < 1.29 is 19.1 Å². The average Bonchev–Trinajstić information content (AvgIpc) is 2.90. The molecule has 2 aromatic rings. The monoisotopic (exact) mass is 631 g/mol. The van der Waals surface area contributed by atoms with Crippen molar-refractivity contribution in [3.8, 4) is 11.5 Å². The predicted molar refractivity (Wildman–Crippen MR) is 161 cm³/mol. The normalized spacial score (nSPS) is 18.0. The number of piperidine rings is 2. The third-order valence-corrected chi connectivity index (χ3v) is 8.68. The first kappa shape index (κ1) is 31.3. The van der Waals surface area contributed by atoms with E-state index < -0.39 is 0 Å². The topological polar surface area (TPSA) is 54.5 Å². The van der Waals surface area contributed by atoms with Crippen molar-refractivity contribution in [3.05, 3.63) is 56.5 Å². The maximum Gasteiger partial charge on any atom is 0.429 e. The van der Waals surface area contributed by atoms with E-state index in [2.05, 4.69) is 4.90 Å². The maximum atomic E-state index is 13.2. The summed E-state index contributed by atoms with van der Waals surface area (Å²) in [6, 6.07) is 10.6. The van der Waals surface area contributed by atoms with Gasteiger partial charge in [-0.25, -0.2) is 4.79 Å². The molecule has 1 amide bonds. The molecule has 0 aliphatic carbocycles. The lowest BCUT2D eigenvalue weighted by Crippen LogP contribution is -2.52. The fraction of sp³-hybridized carbons (Fsp3) is 0.552. The van der Waals surface area contributed by atoms with Crippen molar-refractivity contribution in [2.45, 2.75) is 64.2 Å². The largest absolute Gasteiger partial charge is 0.490 e. The zero-order valence-electron chi connectivity index (χ0n) is 23.2. The zero-order valence-corrected chi connectivity index (χ0v) is 26.2. The molecule has 2 aliphatic heterocycles. The number of carbonyl (C=O) groups is 1. The van der Waals surface area contributed by atoms with Gasteiger partial charge in [0.2, 0.25) is 0 Å². The van der Waals surface area contributed by atoms with Crippen LogP contribution < -0.4 is 9.47 Å². The Balaban J connectivity index is 1.20. The van der Waals surface area contributed by atoms with E-state index in [1.807, 2.05) is 37.8 Å². The van der Waals surface area contributed by atoms with Crippen LogP contribution in [0.15, 0.2) is 36.4 Å². The van der Waals surface area contributed by atoms with Gasteiger partial charge in [-0.1, -0.05) is 46.4 Å². The Morgan fingerprint density at radius 1 is 0.800 bits per heavy atom. The summed E-state index contributed by atoms with van der Waals surface area (Å²) in [7, 11) is 0. The number of nitrogens with zero attached hydrogens (tertiary/aromatic N) is 3. The lowest BCUT2D eigenvalue weighted by molar-refractivity contribution is -0.139. The van der Waals surface area contributed by atoms with Crippen LogP contribution in [0.4, 0.5) is 4.79 Å². The Hall–Kier alpha value is -1.61. The molecule has 0 N–H and O–H groups in total. The van der Waals surface area contributed by atoms with Crippen LogP contribution in [0.3, 0.4) is 0 Å². The Kier molecular flexibility index (Phi) is 11.0. The lowest BCUT2D eigenvalue weighted by Gasteiger charge is -2.39. The quantitative estimate of drug-likeness (QED) is 0.296. The highest BCUT2D eigenvalue weighted by Crippen LogP contribution is 2.30. The van der Waals surface area contributed by atoms with E-state index in [0.717, 1.165) is 51.1 Å². The molecule has 0 radical (unpaired) electrons. The second-order valence-electron chi connectivity index (χ2n) is 11.2. The van der Waals surface area contributed by atoms with E-state index >= 15 is 0 Å². The van der Waals surface area contributed by atoms with Crippen LogP contribution in [-0.4, -0.2) is 78.0 Å².